The summed E-state index contributed by atoms with van der Waals surface area (Å²) in [5.41, 5.74) is 2.79. The zero-order valence-electron chi connectivity index (χ0n) is 18.8. The maximum absolute atomic E-state index is 11.3. The molecule has 0 aromatic heterocycles. The van der Waals surface area contributed by atoms with Gasteiger partial charge in [-0.3, -0.25) is 14.2 Å². The maximum atomic E-state index is 11.3. The molecule has 0 atom stereocenters. The van der Waals surface area contributed by atoms with Crippen molar-refractivity contribution in [3.63, 3.8) is 0 Å². The van der Waals surface area contributed by atoms with Gasteiger partial charge in [-0.25, -0.2) is 0 Å². The second-order valence-corrected chi connectivity index (χ2v) is 8.63. The molecule has 4 N–H and O–H groups in total. The van der Waals surface area contributed by atoms with Crippen molar-refractivity contribution in [3.8, 4) is 0 Å². The van der Waals surface area contributed by atoms with Crippen LogP contribution in [-0.2, 0) is 26.2 Å². The van der Waals surface area contributed by atoms with Crippen molar-refractivity contribution in [3.05, 3.63) is 29.8 Å². The van der Waals surface area contributed by atoms with Crippen LogP contribution in [0.4, 0.5) is 0 Å². The van der Waals surface area contributed by atoms with E-state index in [9.17, 15) is 13.0 Å². The van der Waals surface area contributed by atoms with E-state index in [-0.39, 0.29) is 31.3 Å². The predicted molar refractivity (Wildman–Crippen MR) is 121 cm³/mol. The van der Waals surface area contributed by atoms with Gasteiger partial charge in [-0.2, -0.15) is 8.42 Å². The lowest BCUT2D eigenvalue weighted by Crippen LogP contribution is -2.19. The lowest BCUT2D eigenvalue weighted by molar-refractivity contribution is -0.178. The van der Waals surface area contributed by atoms with Crippen LogP contribution >= 0.6 is 0 Å². The van der Waals surface area contributed by atoms with Crippen molar-refractivity contribution in [1.82, 2.24) is 5.64 Å². The number of benzene rings is 1. The Hall–Kier alpha value is -1.07. The molecule has 0 aliphatic carbocycles. The minimum absolute atomic E-state index is 0.0600. The van der Waals surface area contributed by atoms with Crippen molar-refractivity contribution in [1.29, 1.82) is 0 Å². The highest BCUT2D eigenvalue weighted by Crippen LogP contribution is 2.18. The van der Waals surface area contributed by atoms with Crippen LogP contribution < -0.4 is 5.64 Å². The van der Waals surface area contributed by atoms with Gasteiger partial charge in [0, 0.05) is 0 Å². The normalized spacial score (nSPS) is 11.2. The Morgan fingerprint density at radius 2 is 1.29 bits per heavy atom. The largest absolute Gasteiger partial charge is 0.394 e. The van der Waals surface area contributed by atoms with Gasteiger partial charge in [0.1, 0.15) is 0 Å². The van der Waals surface area contributed by atoms with E-state index in [2.05, 4.69) is 22.2 Å². The molecule has 0 unspecified atom stereocenters. The second-order valence-electron chi connectivity index (χ2n) is 7.24. The van der Waals surface area contributed by atoms with Gasteiger partial charge < -0.3 is 10.2 Å². The molecule has 31 heavy (non-hydrogen) atoms. The van der Waals surface area contributed by atoms with Crippen molar-refractivity contribution in [2.45, 2.75) is 82.4 Å². The number of hydrogen-bond donors (Lipinski definition) is 4. The van der Waals surface area contributed by atoms with E-state index in [4.69, 9.17) is 10.2 Å². The fourth-order valence-electron chi connectivity index (χ4n) is 2.98. The number of nitrogens with one attached hydrogen (secondary N) is 1. The minimum Gasteiger partial charge on any atom is -0.394 e. The fourth-order valence-corrected chi connectivity index (χ4v) is 3.73. The van der Waals surface area contributed by atoms with Crippen molar-refractivity contribution < 1.29 is 32.9 Å². The standard InChI is InChI=1S/C18H30O3S.C4H11NO4/c1-2-3-4-5-6-7-8-9-10-11-14-17-15-12-13-16-18(17)22(19,20)21;6-1-3-8-5-9-4-2-7/h12-13,15-16H,2-11,14H2,1H3,(H,19,20,21);5-7H,1-4H2. The molecule has 9 heteroatoms. The number of aliphatic hydroxyl groups is 2. The molecule has 0 spiro atoms. The van der Waals surface area contributed by atoms with Crippen LogP contribution in [0.5, 0.6) is 0 Å². The Bertz CT molecular complexity index is 620. The van der Waals surface area contributed by atoms with Crippen molar-refractivity contribution in [2.24, 2.45) is 0 Å². The smallest absolute Gasteiger partial charge is 0.294 e. The molecule has 0 heterocycles. The first-order valence-electron chi connectivity index (χ1n) is 11.2. The Balaban J connectivity index is 0.000000842. The van der Waals surface area contributed by atoms with Crippen LogP contribution in [0.15, 0.2) is 29.2 Å². The molecule has 0 saturated heterocycles. The Morgan fingerprint density at radius 1 is 0.806 bits per heavy atom. The summed E-state index contributed by atoms with van der Waals surface area (Å²) in [6, 6.07) is 6.73. The molecule has 0 bridgehead atoms. The first kappa shape index (κ1) is 29.9. The van der Waals surface area contributed by atoms with E-state index in [0.29, 0.717) is 6.42 Å². The molecule has 0 aliphatic heterocycles. The summed E-state index contributed by atoms with van der Waals surface area (Å²) in [4.78, 5) is 8.96. The fraction of sp³-hybridized carbons (Fsp3) is 0.727. The molecule has 1 rings (SSSR count). The average Bonchev–Trinajstić information content (AvgIpc) is 2.75. The summed E-state index contributed by atoms with van der Waals surface area (Å²) in [5, 5.41) is 16.3. The highest BCUT2D eigenvalue weighted by molar-refractivity contribution is 7.85. The summed E-state index contributed by atoms with van der Waals surface area (Å²) in [7, 11) is -4.10. The second kappa shape index (κ2) is 20.8. The third-order valence-corrected chi connectivity index (χ3v) is 5.51. The summed E-state index contributed by atoms with van der Waals surface area (Å²) in [5.74, 6) is 0. The van der Waals surface area contributed by atoms with Crippen LogP contribution in [0.25, 0.3) is 0 Å². The van der Waals surface area contributed by atoms with Crippen LogP contribution in [0, 0.1) is 0 Å². The summed E-state index contributed by atoms with van der Waals surface area (Å²) >= 11 is 0. The Labute approximate surface area is 187 Å². The number of aryl methyl sites for hydroxylation is 1. The number of hydrogen-bond acceptors (Lipinski definition) is 7. The van der Waals surface area contributed by atoms with Gasteiger partial charge in [0.25, 0.3) is 10.1 Å². The number of unbranched alkanes of at least 4 members (excludes halogenated alkanes) is 9. The zero-order chi connectivity index (χ0) is 23.2. The Morgan fingerprint density at radius 3 is 1.77 bits per heavy atom. The molecule has 0 fully saturated rings. The van der Waals surface area contributed by atoms with Gasteiger partial charge in [0.2, 0.25) is 0 Å². The van der Waals surface area contributed by atoms with Gasteiger partial charge in [0.15, 0.2) is 0 Å². The monoisotopic (exact) mass is 463 g/mol. The first-order valence-corrected chi connectivity index (χ1v) is 12.7. The summed E-state index contributed by atoms with van der Waals surface area (Å²) in [6.45, 7) is 2.46. The first-order chi connectivity index (χ1) is 15.0. The van der Waals surface area contributed by atoms with E-state index < -0.39 is 10.1 Å². The maximum Gasteiger partial charge on any atom is 0.294 e. The molecule has 182 valence electrons. The topological polar surface area (TPSA) is 125 Å². The molecule has 0 amide bonds. The predicted octanol–water partition coefficient (Wildman–Crippen LogP) is 3.82. The van der Waals surface area contributed by atoms with E-state index in [1.807, 2.05) is 6.07 Å². The third kappa shape index (κ3) is 18.2. The van der Waals surface area contributed by atoms with Crippen molar-refractivity contribution >= 4 is 10.1 Å². The van der Waals surface area contributed by atoms with Crippen LogP contribution in [0.1, 0.15) is 76.7 Å². The average molecular weight is 464 g/mol. The molecular formula is C22H41NO7S. The highest BCUT2D eigenvalue weighted by atomic mass is 32.2. The number of aliphatic hydroxyl groups excluding tert-OH is 2. The molecule has 0 radical (unpaired) electrons. The molecule has 8 nitrogen and oxygen atoms in total. The van der Waals surface area contributed by atoms with Gasteiger partial charge in [-0.15, -0.1) is 0 Å². The molecule has 0 aliphatic rings. The summed E-state index contributed by atoms with van der Waals surface area (Å²) in [6.07, 6.45) is 13.3. The van der Waals surface area contributed by atoms with Gasteiger partial charge in [-0.1, -0.05) is 88.6 Å². The van der Waals surface area contributed by atoms with Crippen LogP contribution in [0.2, 0.25) is 0 Å². The van der Waals surface area contributed by atoms with E-state index >= 15 is 0 Å². The summed E-state index contributed by atoms with van der Waals surface area (Å²) < 4.78 is 31.8. The lowest BCUT2D eigenvalue weighted by atomic mass is 10.0. The van der Waals surface area contributed by atoms with Gasteiger partial charge in [-0.05, 0) is 24.5 Å². The van der Waals surface area contributed by atoms with Gasteiger partial charge in [0.05, 0.1) is 31.3 Å². The molecule has 1 aromatic rings. The molecule has 0 saturated carbocycles. The zero-order valence-corrected chi connectivity index (χ0v) is 19.6. The van der Waals surface area contributed by atoms with Crippen molar-refractivity contribution in [2.75, 3.05) is 26.4 Å². The van der Waals surface area contributed by atoms with E-state index in [0.717, 1.165) is 18.4 Å². The molecule has 1 aromatic carbocycles. The third-order valence-electron chi connectivity index (χ3n) is 4.55. The van der Waals surface area contributed by atoms with Gasteiger partial charge >= 0.3 is 0 Å². The SMILES string of the molecule is CCCCCCCCCCCCc1ccccc1S(=O)(=O)O.OCCONOCCO. The van der Waals surface area contributed by atoms with E-state index in [1.165, 1.54) is 57.4 Å². The van der Waals surface area contributed by atoms with E-state index in [1.54, 1.807) is 12.1 Å². The highest BCUT2D eigenvalue weighted by Gasteiger charge is 2.13. The Kier molecular flexibility index (Phi) is 20.1. The minimum atomic E-state index is -4.10. The van der Waals surface area contributed by atoms with Crippen LogP contribution in [-0.4, -0.2) is 49.6 Å². The quantitative estimate of drug-likeness (QED) is 0.147. The lowest BCUT2D eigenvalue weighted by Gasteiger charge is -2.07. The molecular weight excluding hydrogens is 422 g/mol. The number of rotatable bonds is 18. The van der Waals surface area contributed by atoms with Crippen LogP contribution in [0.3, 0.4) is 0 Å².